The van der Waals surface area contributed by atoms with E-state index in [4.69, 9.17) is 4.74 Å². The van der Waals surface area contributed by atoms with E-state index < -0.39 is 0 Å². The smallest absolute Gasteiger partial charge is 0.325 e. The van der Waals surface area contributed by atoms with Crippen LogP contribution in [0.5, 0.6) is 5.88 Å². The zero-order valence-electron chi connectivity index (χ0n) is 15.0. The van der Waals surface area contributed by atoms with Crippen molar-refractivity contribution in [2.45, 2.75) is 13.3 Å². The van der Waals surface area contributed by atoms with E-state index in [0.717, 1.165) is 26.3 Å². The summed E-state index contributed by atoms with van der Waals surface area (Å²) >= 11 is 2.98. The van der Waals surface area contributed by atoms with Gasteiger partial charge >= 0.3 is 6.03 Å². The standard InChI is InChI=1S/C19H17N5O2S2/c1-12-3-2-4-13(9-12)23-18(25)24-19-20-10-14(28-19)5-7-26-17-16-15(6-8-27-16)21-11-22-17/h2-4,6,8-11H,5,7H2,1H3,(H2,20,23,24,25). The Morgan fingerprint density at radius 2 is 2.11 bits per heavy atom. The number of rotatable bonds is 6. The Labute approximate surface area is 169 Å². The average Bonchev–Trinajstić information content (AvgIpc) is 3.31. The van der Waals surface area contributed by atoms with E-state index in [0.29, 0.717) is 24.0 Å². The second kappa shape index (κ2) is 8.32. The molecule has 4 rings (SSSR count). The minimum atomic E-state index is -0.316. The molecule has 3 aromatic heterocycles. The molecule has 0 spiro atoms. The largest absolute Gasteiger partial charge is 0.476 e. The van der Waals surface area contributed by atoms with E-state index in [9.17, 15) is 4.79 Å². The zero-order chi connectivity index (χ0) is 19.3. The van der Waals surface area contributed by atoms with Crippen LogP contribution in [0, 0.1) is 6.92 Å². The van der Waals surface area contributed by atoms with Crippen molar-refractivity contribution in [1.82, 2.24) is 15.0 Å². The van der Waals surface area contributed by atoms with E-state index >= 15 is 0 Å². The summed E-state index contributed by atoms with van der Waals surface area (Å²) in [4.78, 5) is 25.8. The number of anilines is 2. The fourth-order valence-corrected chi connectivity index (χ4v) is 4.16. The number of hydrogen-bond acceptors (Lipinski definition) is 7. The van der Waals surface area contributed by atoms with Gasteiger partial charge in [0.15, 0.2) is 5.13 Å². The number of carbonyl (C=O) groups is 1. The predicted octanol–water partition coefficient (Wildman–Crippen LogP) is 4.72. The fourth-order valence-electron chi connectivity index (χ4n) is 2.58. The number of amides is 2. The molecule has 2 amide bonds. The topological polar surface area (TPSA) is 89.0 Å². The Kier molecular flexibility index (Phi) is 5.45. The number of aryl methyl sites for hydroxylation is 1. The molecule has 3 heterocycles. The summed E-state index contributed by atoms with van der Waals surface area (Å²) < 4.78 is 6.75. The van der Waals surface area contributed by atoms with Gasteiger partial charge in [0.25, 0.3) is 0 Å². The van der Waals surface area contributed by atoms with Gasteiger partial charge in [0.2, 0.25) is 5.88 Å². The Morgan fingerprint density at radius 1 is 1.18 bits per heavy atom. The summed E-state index contributed by atoms with van der Waals surface area (Å²) in [6, 6.07) is 9.25. The van der Waals surface area contributed by atoms with Gasteiger partial charge in [-0.05, 0) is 36.1 Å². The molecule has 0 aliphatic heterocycles. The molecular formula is C19H17N5O2S2. The van der Waals surface area contributed by atoms with Gasteiger partial charge < -0.3 is 10.1 Å². The highest BCUT2D eigenvalue weighted by molar-refractivity contribution is 7.17. The third-order valence-corrected chi connectivity index (χ3v) is 5.71. The van der Waals surface area contributed by atoms with E-state index in [-0.39, 0.29) is 6.03 Å². The number of thiophene rings is 1. The lowest BCUT2D eigenvalue weighted by molar-refractivity contribution is 0.262. The lowest BCUT2D eigenvalue weighted by atomic mass is 10.2. The summed E-state index contributed by atoms with van der Waals surface area (Å²) in [5.41, 5.74) is 2.71. The maximum absolute atomic E-state index is 12.1. The van der Waals surface area contributed by atoms with Gasteiger partial charge in [-0.2, -0.15) is 0 Å². The molecule has 7 nitrogen and oxygen atoms in total. The fraction of sp³-hybridized carbons (Fsp3) is 0.158. The molecule has 0 saturated carbocycles. The van der Waals surface area contributed by atoms with E-state index in [2.05, 4.69) is 25.6 Å². The Morgan fingerprint density at radius 3 is 3.00 bits per heavy atom. The van der Waals surface area contributed by atoms with Crippen LogP contribution in [0.15, 0.2) is 48.2 Å². The van der Waals surface area contributed by atoms with Gasteiger partial charge in [0, 0.05) is 23.2 Å². The van der Waals surface area contributed by atoms with Crippen molar-refractivity contribution in [2.75, 3.05) is 17.2 Å². The Balaban J connectivity index is 1.29. The zero-order valence-corrected chi connectivity index (χ0v) is 16.6. The second-order valence-corrected chi connectivity index (χ2v) is 8.02. The van der Waals surface area contributed by atoms with E-state index in [1.165, 1.54) is 17.7 Å². The molecule has 9 heteroatoms. The van der Waals surface area contributed by atoms with Crippen LogP contribution in [-0.2, 0) is 6.42 Å². The summed E-state index contributed by atoms with van der Waals surface area (Å²) in [6.07, 6.45) is 3.93. The maximum Gasteiger partial charge on any atom is 0.325 e. The summed E-state index contributed by atoms with van der Waals surface area (Å²) in [5, 5.41) is 8.07. The van der Waals surface area contributed by atoms with E-state index in [1.807, 2.05) is 42.6 Å². The highest BCUT2D eigenvalue weighted by Crippen LogP contribution is 2.27. The van der Waals surface area contributed by atoms with Crippen molar-refractivity contribution < 1.29 is 9.53 Å². The predicted molar refractivity (Wildman–Crippen MR) is 113 cm³/mol. The van der Waals surface area contributed by atoms with Gasteiger partial charge in [-0.15, -0.1) is 22.7 Å². The lowest BCUT2D eigenvalue weighted by Gasteiger charge is -2.06. The second-order valence-electron chi connectivity index (χ2n) is 5.99. The van der Waals surface area contributed by atoms with Crippen molar-refractivity contribution in [3.05, 3.63) is 58.7 Å². The normalized spacial score (nSPS) is 10.8. The van der Waals surface area contributed by atoms with Crippen molar-refractivity contribution in [3.8, 4) is 5.88 Å². The van der Waals surface area contributed by atoms with Crippen LogP contribution in [0.25, 0.3) is 10.2 Å². The number of thiazole rings is 1. The maximum atomic E-state index is 12.1. The lowest BCUT2D eigenvalue weighted by Crippen LogP contribution is -2.19. The molecule has 0 atom stereocenters. The van der Waals surface area contributed by atoms with Crippen LogP contribution in [0.3, 0.4) is 0 Å². The summed E-state index contributed by atoms with van der Waals surface area (Å²) in [7, 11) is 0. The third-order valence-electron chi connectivity index (χ3n) is 3.85. The quantitative estimate of drug-likeness (QED) is 0.479. The van der Waals surface area contributed by atoms with Crippen LogP contribution < -0.4 is 15.4 Å². The third kappa shape index (κ3) is 4.44. The van der Waals surface area contributed by atoms with Crippen molar-refractivity contribution >= 4 is 49.7 Å². The first kappa shape index (κ1) is 18.3. The number of ether oxygens (including phenoxy) is 1. The number of aromatic nitrogens is 3. The van der Waals surface area contributed by atoms with Gasteiger partial charge in [0.1, 0.15) is 11.0 Å². The molecule has 1 aromatic carbocycles. The van der Waals surface area contributed by atoms with Crippen LogP contribution in [-0.4, -0.2) is 27.6 Å². The number of nitrogens with zero attached hydrogens (tertiary/aromatic N) is 3. The minimum Gasteiger partial charge on any atom is -0.476 e. The molecule has 0 fully saturated rings. The molecule has 4 aromatic rings. The highest BCUT2D eigenvalue weighted by atomic mass is 32.1. The van der Waals surface area contributed by atoms with Crippen molar-refractivity contribution in [2.24, 2.45) is 0 Å². The van der Waals surface area contributed by atoms with Gasteiger partial charge in [-0.1, -0.05) is 12.1 Å². The van der Waals surface area contributed by atoms with Crippen LogP contribution >= 0.6 is 22.7 Å². The molecule has 0 radical (unpaired) electrons. The Bertz CT molecular complexity index is 1110. The first-order chi connectivity index (χ1) is 13.7. The number of benzene rings is 1. The number of carbonyl (C=O) groups excluding carboxylic acids is 1. The molecule has 2 N–H and O–H groups in total. The molecule has 142 valence electrons. The molecule has 0 aliphatic carbocycles. The van der Waals surface area contributed by atoms with Crippen molar-refractivity contribution in [3.63, 3.8) is 0 Å². The summed E-state index contributed by atoms with van der Waals surface area (Å²) in [6.45, 7) is 2.45. The monoisotopic (exact) mass is 411 g/mol. The Hall–Kier alpha value is -3.04. The minimum absolute atomic E-state index is 0.316. The van der Waals surface area contributed by atoms with E-state index in [1.54, 1.807) is 17.5 Å². The number of nitrogens with one attached hydrogen (secondary N) is 2. The highest BCUT2D eigenvalue weighted by Gasteiger charge is 2.09. The van der Waals surface area contributed by atoms with Crippen LogP contribution in [0.2, 0.25) is 0 Å². The SMILES string of the molecule is Cc1cccc(NC(=O)Nc2ncc(CCOc3ncnc4ccsc34)s2)c1. The number of hydrogen-bond donors (Lipinski definition) is 2. The van der Waals surface area contributed by atoms with Gasteiger partial charge in [-0.3, -0.25) is 5.32 Å². The van der Waals surface area contributed by atoms with Crippen molar-refractivity contribution in [1.29, 1.82) is 0 Å². The molecule has 0 saturated heterocycles. The molecule has 28 heavy (non-hydrogen) atoms. The molecular weight excluding hydrogens is 394 g/mol. The summed E-state index contributed by atoms with van der Waals surface area (Å²) in [5.74, 6) is 0.598. The number of fused-ring (bicyclic) bond motifs is 1. The molecule has 0 aliphatic rings. The van der Waals surface area contributed by atoms with Gasteiger partial charge in [-0.25, -0.2) is 19.7 Å². The number of urea groups is 1. The van der Waals surface area contributed by atoms with Crippen LogP contribution in [0.4, 0.5) is 15.6 Å². The van der Waals surface area contributed by atoms with Gasteiger partial charge in [0.05, 0.1) is 12.1 Å². The molecule has 0 unspecified atom stereocenters. The molecule has 0 bridgehead atoms. The average molecular weight is 412 g/mol. The first-order valence-electron chi connectivity index (χ1n) is 8.58. The van der Waals surface area contributed by atoms with Crippen LogP contribution in [0.1, 0.15) is 10.4 Å². The first-order valence-corrected chi connectivity index (χ1v) is 10.3.